The van der Waals surface area contributed by atoms with E-state index < -0.39 is 0 Å². The monoisotopic (exact) mass is 238 g/mol. The van der Waals surface area contributed by atoms with E-state index in [4.69, 9.17) is 4.74 Å². The Morgan fingerprint density at radius 1 is 1.35 bits per heavy atom. The van der Waals surface area contributed by atoms with Gasteiger partial charge in [0.05, 0.1) is 12.7 Å². The van der Waals surface area contributed by atoms with E-state index in [0.29, 0.717) is 12.1 Å². The molecule has 1 heterocycles. The molecule has 1 aromatic rings. The van der Waals surface area contributed by atoms with Crippen molar-refractivity contribution in [3.63, 3.8) is 0 Å². The molecule has 0 aliphatic heterocycles. The zero-order valence-electron chi connectivity index (χ0n) is 11.6. The fourth-order valence-corrected chi connectivity index (χ4v) is 1.94. The molecule has 0 aromatic carbocycles. The number of nitrogens with zero attached hydrogens (tertiary/aromatic N) is 1. The molecule has 0 bridgehead atoms. The van der Waals surface area contributed by atoms with E-state index in [1.807, 2.05) is 0 Å². The molecule has 3 nitrogen and oxygen atoms in total. The van der Waals surface area contributed by atoms with Gasteiger partial charge < -0.3 is 14.6 Å². The molecule has 3 heteroatoms. The van der Waals surface area contributed by atoms with Crippen LogP contribution in [0.2, 0.25) is 0 Å². The van der Waals surface area contributed by atoms with Gasteiger partial charge in [0.2, 0.25) is 0 Å². The molecule has 0 radical (unpaired) electrons. The summed E-state index contributed by atoms with van der Waals surface area (Å²) < 4.78 is 7.76. The normalized spacial score (nSPS) is 13.2. The van der Waals surface area contributed by atoms with Crippen molar-refractivity contribution in [2.24, 2.45) is 0 Å². The first kappa shape index (κ1) is 14.3. The highest BCUT2D eigenvalue weighted by molar-refractivity contribution is 5.15. The van der Waals surface area contributed by atoms with Crippen LogP contribution in [0.5, 0.6) is 0 Å². The van der Waals surface area contributed by atoms with Gasteiger partial charge in [-0.2, -0.15) is 0 Å². The van der Waals surface area contributed by atoms with Crippen molar-refractivity contribution in [2.75, 3.05) is 13.2 Å². The third kappa shape index (κ3) is 4.92. The van der Waals surface area contributed by atoms with Crippen molar-refractivity contribution in [1.29, 1.82) is 0 Å². The smallest absolute Gasteiger partial charge is 0.0648 e. The van der Waals surface area contributed by atoms with Gasteiger partial charge in [-0.25, -0.2) is 0 Å². The van der Waals surface area contributed by atoms with Gasteiger partial charge in [0.15, 0.2) is 0 Å². The Morgan fingerprint density at radius 2 is 2.12 bits per heavy atom. The number of nitrogens with one attached hydrogen (secondary N) is 1. The van der Waals surface area contributed by atoms with E-state index in [9.17, 15) is 0 Å². The van der Waals surface area contributed by atoms with Crippen molar-refractivity contribution < 1.29 is 4.74 Å². The van der Waals surface area contributed by atoms with Crippen LogP contribution < -0.4 is 5.32 Å². The van der Waals surface area contributed by atoms with E-state index in [1.54, 1.807) is 0 Å². The summed E-state index contributed by atoms with van der Waals surface area (Å²) in [6.07, 6.45) is 5.80. The predicted octanol–water partition coefficient (Wildman–Crippen LogP) is 2.97. The zero-order valence-corrected chi connectivity index (χ0v) is 11.6. The summed E-state index contributed by atoms with van der Waals surface area (Å²) in [6.45, 7) is 11.2. The van der Waals surface area contributed by atoms with Crippen molar-refractivity contribution >= 4 is 0 Å². The highest BCUT2D eigenvalue weighted by Gasteiger charge is 2.08. The van der Waals surface area contributed by atoms with Gasteiger partial charge in [0, 0.05) is 25.0 Å². The first-order valence-corrected chi connectivity index (χ1v) is 6.68. The van der Waals surface area contributed by atoms with Crippen LogP contribution in [0, 0.1) is 0 Å². The minimum absolute atomic E-state index is 0.315. The summed E-state index contributed by atoms with van der Waals surface area (Å²) in [5.41, 5.74) is 1.37. The fourth-order valence-electron chi connectivity index (χ4n) is 1.94. The second-order valence-electron chi connectivity index (χ2n) is 4.62. The Balaban J connectivity index is 2.46. The molecule has 1 N–H and O–H groups in total. The molecular weight excluding hydrogens is 212 g/mol. The number of rotatable bonds is 8. The summed E-state index contributed by atoms with van der Waals surface area (Å²) in [5.74, 6) is 0. The highest BCUT2D eigenvalue weighted by Crippen LogP contribution is 2.16. The molecule has 1 aromatic heterocycles. The molecule has 0 spiro atoms. The van der Waals surface area contributed by atoms with Gasteiger partial charge >= 0.3 is 0 Å². The molecule has 1 atom stereocenters. The largest absolute Gasteiger partial charge is 0.377 e. The number of aromatic nitrogens is 1. The number of hydrogen-bond donors (Lipinski definition) is 1. The summed E-state index contributed by atoms with van der Waals surface area (Å²) >= 11 is 0. The fraction of sp³-hybridized carbons (Fsp3) is 0.714. The lowest BCUT2D eigenvalue weighted by Gasteiger charge is -2.14. The van der Waals surface area contributed by atoms with E-state index in [2.05, 4.69) is 56.0 Å². The van der Waals surface area contributed by atoms with E-state index in [0.717, 1.165) is 26.1 Å². The second kappa shape index (κ2) is 7.51. The lowest BCUT2D eigenvalue weighted by Crippen LogP contribution is -2.19. The van der Waals surface area contributed by atoms with Gasteiger partial charge in [0.1, 0.15) is 0 Å². The second-order valence-corrected chi connectivity index (χ2v) is 4.62. The summed E-state index contributed by atoms with van der Waals surface area (Å²) in [4.78, 5) is 0. The Bertz CT molecular complexity index is 307. The maximum absolute atomic E-state index is 5.55. The van der Waals surface area contributed by atoms with Crippen molar-refractivity contribution in [3.8, 4) is 0 Å². The predicted molar refractivity (Wildman–Crippen MR) is 72.2 cm³/mol. The van der Waals surface area contributed by atoms with Crippen molar-refractivity contribution in [1.82, 2.24) is 9.88 Å². The molecule has 98 valence electrons. The zero-order chi connectivity index (χ0) is 12.7. The molecule has 0 amide bonds. The number of ether oxygens (including phenoxy) is 1. The third-order valence-electron chi connectivity index (χ3n) is 2.84. The lowest BCUT2D eigenvalue weighted by molar-refractivity contribution is 0.0728. The van der Waals surface area contributed by atoms with Crippen molar-refractivity contribution in [2.45, 2.75) is 52.8 Å². The first-order valence-electron chi connectivity index (χ1n) is 6.68. The molecule has 0 fully saturated rings. The van der Waals surface area contributed by atoms with Gasteiger partial charge in [0.25, 0.3) is 0 Å². The van der Waals surface area contributed by atoms with Crippen LogP contribution in [0.3, 0.4) is 0 Å². The number of hydrogen-bond acceptors (Lipinski definition) is 2. The van der Waals surface area contributed by atoms with Gasteiger partial charge in [-0.3, -0.25) is 0 Å². The van der Waals surface area contributed by atoms with Gasteiger partial charge in [-0.05, 0) is 38.4 Å². The molecule has 1 rings (SSSR count). The Labute approximate surface area is 105 Å². The van der Waals surface area contributed by atoms with Crippen LogP contribution >= 0.6 is 0 Å². The molecule has 17 heavy (non-hydrogen) atoms. The van der Waals surface area contributed by atoms with Crippen molar-refractivity contribution in [3.05, 3.63) is 24.0 Å². The van der Waals surface area contributed by atoms with Crippen LogP contribution in [0.4, 0.5) is 0 Å². The molecule has 0 aliphatic carbocycles. The van der Waals surface area contributed by atoms with Crippen LogP contribution in [-0.4, -0.2) is 23.8 Å². The topological polar surface area (TPSA) is 26.2 Å². The maximum atomic E-state index is 5.55. The first-order chi connectivity index (χ1) is 8.17. The van der Waals surface area contributed by atoms with Crippen LogP contribution in [-0.2, 0) is 11.3 Å². The molecule has 1 unspecified atom stereocenters. The Hall–Kier alpha value is -0.800. The standard InChI is InChI=1S/C14H26N2O/c1-5-14(15-6-2)13-7-8-16(11-13)9-10-17-12(3)4/h7-8,11-12,14-15H,5-6,9-10H2,1-4H3. The molecular formula is C14H26N2O. The quantitative estimate of drug-likeness (QED) is 0.753. The Morgan fingerprint density at radius 3 is 2.71 bits per heavy atom. The SMILES string of the molecule is CCNC(CC)c1ccn(CCOC(C)C)c1. The van der Waals surface area contributed by atoms with Crippen LogP contribution in [0.25, 0.3) is 0 Å². The minimum Gasteiger partial charge on any atom is -0.377 e. The van der Waals surface area contributed by atoms with Gasteiger partial charge in [-0.15, -0.1) is 0 Å². The van der Waals surface area contributed by atoms with E-state index in [1.165, 1.54) is 5.56 Å². The lowest BCUT2D eigenvalue weighted by atomic mass is 10.1. The maximum Gasteiger partial charge on any atom is 0.0648 e. The van der Waals surface area contributed by atoms with Gasteiger partial charge in [-0.1, -0.05) is 13.8 Å². The van der Waals surface area contributed by atoms with Crippen LogP contribution in [0.1, 0.15) is 45.7 Å². The third-order valence-corrected chi connectivity index (χ3v) is 2.84. The minimum atomic E-state index is 0.315. The molecule has 0 saturated heterocycles. The average Bonchev–Trinajstić information content (AvgIpc) is 2.74. The van der Waals surface area contributed by atoms with Crippen LogP contribution in [0.15, 0.2) is 18.5 Å². The summed E-state index contributed by atoms with van der Waals surface area (Å²) in [7, 11) is 0. The summed E-state index contributed by atoms with van der Waals surface area (Å²) in [5, 5.41) is 3.49. The van der Waals surface area contributed by atoms with E-state index in [-0.39, 0.29) is 0 Å². The summed E-state index contributed by atoms with van der Waals surface area (Å²) in [6, 6.07) is 2.68. The molecule has 0 aliphatic rings. The average molecular weight is 238 g/mol. The highest BCUT2D eigenvalue weighted by atomic mass is 16.5. The van der Waals surface area contributed by atoms with E-state index >= 15 is 0 Å². The molecule has 0 saturated carbocycles. The Kier molecular flexibility index (Phi) is 6.30.